The highest BCUT2D eigenvalue weighted by atomic mass is 19.1. The summed E-state index contributed by atoms with van der Waals surface area (Å²) in [5, 5.41) is 8.95. The van der Waals surface area contributed by atoms with Crippen LogP contribution in [-0.2, 0) is 14.3 Å². The number of rotatable bonds is 3. The van der Waals surface area contributed by atoms with Crippen LogP contribution in [0, 0.1) is 5.82 Å². The van der Waals surface area contributed by atoms with Crippen molar-refractivity contribution < 1.29 is 23.8 Å². The molecule has 0 saturated carbocycles. The van der Waals surface area contributed by atoms with Crippen LogP contribution in [0.4, 0.5) is 4.39 Å². The van der Waals surface area contributed by atoms with Crippen molar-refractivity contribution in [3.63, 3.8) is 0 Å². The summed E-state index contributed by atoms with van der Waals surface area (Å²) < 4.78 is 18.7. The van der Waals surface area contributed by atoms with Crippen LogP contribution in [0.3, 0.4) is 0 Å². The maximum atomic E-state index is 13.4. The van der Waals surface area contributed by atoms with E-state index in [2.05, 4.69) is 0 Å². The average molecular weight is 307 g/mol. The molecule has 2 aliphatic heterocycles. The van der Waals surface area contributed by atoms with Crippen LogP contribution in [-0.4, -0.2) is 40.6 Å². The third-order valence-corrected chi connectivity index (χ3v) is 4.34. The van der Waals surface area contributed by atoms with E-state index in [1.54, 1.807) is 11.0 Å². The topological polar surface area (TPSA) is 66.8 Å². The van der Waals surface area contributed by atoms with Crippen LogP contribution in [0.25, 0.3) is 0 Å². The van der Waals surface area contributed by atoms with Crippen molar-refractivity contribution in [2.75, 3.05) is 6.54 Å². The summed E-state index contributed by atoms with van der Waals surface area (Å²) in [6, 6.07) is 6.12. The molecule has 2 saturated heterocycles. The molecule has 2 heterocycles. The summed E-state index contributed by atoms with van der Waals surface area (Å²) in [6.45, 7) is 0.595. The first-order chi connectivity index (χ1) is 10.6. The van der Waals surface area contributed by atoms with Crippen LogP contribution in [0.1, 0.15) is 37.3 Å². The first kappa shape index (κ1) is 15.0. The van der Waals surface area contributed by atoms with Crippen molar-refractivity contribution >= 4 is 11.9 Å². The van der Waals surface area contributed by atoms with Gasteiger partial charge in [0.25, 0.3) is 5.91 Å². The average Bonchev–Trinajstić information content (AvgIpc) is 3.16. The summed E-state index contributed by atoms with van der Waals surface area (Å²) in [7, 11) is 0. The van der Waals surface area contributed by atoms with Crippen LogP contribution in [0.15, 0.2) is 24.3 Å². The van der Waals surface area contributed by atoms with Crippen LogP contribution in [0.2, 0.25) is 0 Å². The molecule has 3 atom stereocenters. The Bertz CT molecular complexity index is 591. The van der Waals surface area contributed by atoms with Gasteiger partial charge >= 0.3 is 5.97 Å². The Morgan fingerprint density at radius 3 is 2.68 bits per heavy atom. The van der Waals surface area contributed by atoms with Crippen molar-refractivity contribution in [2.45, 2.75) is 43.9 Å². The first-order valence-electron chi connectivity index (χ1n) is 7.50. The maximum Gasteiger partial charge on any atom is 0.332 e. The van der Waals surface area contributed by atoms with E-state index in [4.69, 9.17) is 9.84 Å². The highest BCUT2D eigenvalue weighted by molar-refractivity contribution is 5.83. The predicted molar refractivity (Wildman–Crippen MR) is 75.6 cm³/mol. The van der Waals surface area contributed by atoms with E-state index >= 15 is 0 Å². The summed E-state index contributed by atoms with van der Waals surface area (Å²) >= 11 is 0. The Labute approximate surface area is 127 Å². The van der Waals surface area contributed by atoms with Crippen molar-refractivity contribution in [2.24, 2.45) is 0 Å². The molecule has 0 spiro atoms. The Hall–Kier alpha value is -1.95. The summed E-state index contributed by atoms with van der Waals surface area (Å²) in [4.78, 5) is 25.2. The Kier molecular flexibility index (Phi) is 4.11. The highest BCUT2D eigenvalue weighted by Gasteiger charge is 2.40. The lowest BCUT2D eigenvalue weighted by atomic mass is 10.0. The molecule has 0 bridgehead atoms. The Morgan fingerprint density at radius 1 is 1.23 bits per heavy atom. The molecule has 3 rings (SSSR count). The third kappa shape index (κ3) is 2.83. The van der Waals surface area contributed by atoms with E-state index < -0.39 is 18.2 Å². The van der Waals surface area contributed by atoms with E-state index in [1.807, 2.05) is 6.07 Å². The molecular formula is C16H18FNO4. The van der Waals surface area contributed by atoms with Gasteiger partial charge in [-0.1, -0.05) is 12.1 Å². The fourth-order valence-corrected chi connectivity index (χ4v) is 3.28. The van der Waals surface area contributed by atoms with Gasteiger partial charge in [-0.25, -0.2) is 9.18 Å². The first-order valence-corrected chi connectivity index (χ1v) is 7.50. The molecule has 2 fully saturated rings. The number of hydrogen-bond donors (Lipinski definition) is 1. The van der Waals surface area contributed by atoms with Crippen LogP contribution in [0.5, 0.6) is 0 Å². The molecule has 1 amide bonds. The number of carboxylic acid groups (broad SMARTS) is 1. The van der Waals surface area contributed by atoms with Gasteiger partial charge in [0.15, 0.2) is 6.10 Å². The number of ether oxygens (including phenoxy) is 1. The zero-order valence-electron chi connectivity index (χ0n) is 12.1. The molecule has 1 unspecified atom stereocenters. The molecule has 2 aliphatic rings. The lowest BCUT2D eigenvalue weighted by Gasteiger charge is -2.27. The van der Waals surface area contributed by atoms with Crippen molar-refractivity contribution in [1.29, 1.82) is 0 Å². The molecule has 5 nitrogen and oxygen atoms in total. The Balaban J connectivity index is 1.73. The molecule has 0 radical (unpaired) electrons. The van der Waals surface area contributed by atoms with E-state index in [0.717, 1.165) is 18.4 Å². The van der Waals surface area contributed by atoms with Gasteiger partial charge in [0.1, 0.15) is 11.9 Å². The third-order valence-electron chi connectivity index (χ3n) is 4.34. The molecule has 1 N–H and O–H groups in total. The van der Waals surface area contributed by atoms with Gasteiger partial charge in [-0.2, -0.15) is 0 Å². The molecule has 1 aromatic carbocycles. The second kappa shape index (κ2) is 6.04. The zero-order chi connectivity index (χ0) is 15.7. The SMILES string of the molecule is O=C(O)[C@H]1CC[C@@H](C(=O)N2CCCC2c2cccc(F)c2)O1. The fraction of sp³-hybridized carbons (Fsp3) is 0.500. The van der Waals surface area contributed by atoms with Gasteiger partial charge in [-0.15, -0.1) is 0 Å². The highest BCUT2D eigenvalue weighted by Crippen LogP contribution is 2.34. The van der Waals surface area contributed by atoms with Gasteiger partial charge in [-0.3, -0.25) is 4.79 Å². The number of halogens is 1. The molecule has 118 valence electrons. The molecular weight excluding hydrogens is 289 g/mol. The second-order valence-electron chi connectivity index (χ2n) is 5.77. The minimum Gasteiger partial charge on any atom is -0.479 e. The van der Waals surface area contributed by atoms with Crippen LogP contribution >= 0.6 is 0 Å². The van der Waals surface area contributed by atoms with E-state index in [1.165, 1.54) is 12.1 Å². The minimum absolute atomic E-state index is 0.157. The summed E-state index contributed by atoms with van der Waals surface area (Å²) in [6.07, 6.45) is 0.804. The minimum atomic E-state index is -1.03. The zero-order valence-corrected chi connectivity index (χ0v) is 12.1. The van der Waals surface area contributed by atoms with Crippen LogP contribution < -0.4 is 0 Å². The van der Waals surface area contributed by atoms with Gasteiger partial charge in [0, 0.05) is 6.54 Å². The fourth-order valence-electron chi connectivity index (χ4n) is 3.28. The smallest absolute Gasteiger partial charge is 0.332 e. The van der Waals surface area contributed by atoms with E-state index in [9.17, 15) is 14.0 Å². The summed E-state index contributed by atoms with van der Waals surface area (Å²) in [5.41, 5.74) is 0.777. The number of amides is 1. The van der Waals surface area contributed by atoms with E-state index in [0.29, 0.717) is 19.4 Å². The lowest BCUT2D eigenvalue weighted by Crippen LogP contribution is -2.39. The maximum absolute atomic E-state index is 13.4. The number of carbonyl (C=O) groups excluding carboxylic acids is 1. The Morgan fingerprint density at radius 2 is 2.00 bits per heavy atom. The number of likely N-dealkylation sites (tertiary alicyclic amines) is 1. The number of aliphatic carboxylic acids is 1. The van der Waals surface area contributed by atoms with Gasteiger partial charge in [0.05, 0.1) is 6.04 Å². The van der Waals surface area contributed by atoms with E-state index in [-0.39, 0.29) is 17.8 Å². The van der Waals surface area contributed by atoms with Gasteiger partial charge in [-0.05, 0) is 43.4 Å². The standard InChI is InChI=1S/C16H18FNO4/c17-11-4-1-3-10(9-11)12-5-2-8-18(12)15(19)13-6-7-14(22-13)16(20)21/h1,3-4,9,12-14H,2,5-8H2,(H,20,21)/t12?,13-,14+/m0/s1. The molecule has 0 aromatic heterocycles. The molecule has 1 aromatic rings. The summed E-state index contributed by atoms with van der Waals surface area (Å²) in [5.74, 6) is -1.53. The molecule has 6 heteroatoms. The normalized spacial score (nSPS) is 28.0. The van der Waals surface area contributed by atoms with Crippen molar-refractivity contribution in [3.05, 3.63) is 35.6 Å². The monoisotopic (exact) mass is 307 g/mol. The number of carboxylic acids is 1. The van der Waals surface area contributed by atoms with Crippen molar-refractivity contribution in [1.82, 2.24) is 4.90 Å². The number of benzene rings is 1. The molecule has 22 heavy (non-hydrogen) atoms. The largest absolute Gasteiger partial charge is 0.479 e. The lowest BCUT2D eigenvalue weighted by molar-refractivity contribution is -0.155. The number of hydrogen-bond acceptors (Lipinski definition) is 3. The van der Waals surface area contributed by atoms with Gasteiger partial charge < -0.3 is 14.7 Å². The molecule has 0 aliphatic carbocycles. The van der Waals surface area contributed by atoms with Crippen molar-refractivity contribution in [3.8, 4) is 0 Å². The number of carbonyl (C=O) groups is 2. The predicted octanol–water partition coefficient (Wildman–Crippen LogP) is 2.12. The second-order valence-corrected chi connectivity index (χ2v) is 5.77. The quantitative estimate of drug-likeness (QED) is 0.929. The number of nitrogens with zero attached hydrogens (tertiary/aromatic N) is 1. The van der Waals surface area contributed by atoms with Gasteiger partial charge in [0.2, 0.25) is 0 Å².